The molecule has 0 radical (unpaired) electrons. The minimum atomic E-state index is 0.349. The van der Waals surface area contributed by atoms with Gasteiger partial charge >= 0.3 is 0 Å². The van der Waals surface area contributed by atoms with Gasteiger partial charge in [0.2, 0.25) is 0 Å². The van der Waals surface area contributed by atoms with E-state index < -0.39 is 0 Å². The van der Waals surface area contributed by atoms with E-state index in [9.17, 15) is 0 Å². The van der Waals surface area contributed by atoms with Gasteiger partial charge in [-0.3, -0.25) is 4.90 Å². The maximum absolute atomic E-state index is 6.29. The molecule has 0 aromatic heterocycles. The molecule has 2 nitrogen and oxygen atoms in total. The molecular weight excluding hydrogens is 267 g/mol. The Bertz CT molecular complexity index is 437. The summed E-state index contributed by atoms with van der Waals surface area (Å²) in [6.45, 7) is 6.89. The van der Waals surface area contributed by atoms with Gasteiger partial charge in [0.05, 0.1) is 0 Å². The van der Waals surface area contributed by atoms with E-state index in [0.717, 1.165) is 40.5 Å². The van der Waals surface area contributed by atoms with Gasteiger partial charge in [0.15, 0.2) is 0 Å². The summed E-state index contributed by atoms with van der Waals surface area (Å²) in [6, 6.07) is 6.10. The van der Waals surface area contributed by atoms with Gasteiger partial charge in [0, 0.05) is 29.2 Å². The van der Waals surface area contributed by atoms with Crippen LogP contribution in [-0.2, 0) is 0 Å². The van der Waals surface area contributed by atoms with Crippen LogP contribution in [0.15, 0.2) is 18.2 Å². The molecule has 0 spiro atoms. The molecule has 2 aliphatic rings. The molecule has 0 amide bonds. The number of nitrogens with one attached hydrogen (secondary N) is 1. The molecular formula is C14H18Cl2N2. The number of halogens is 2. The Hall–Kier alpha value is -0.280. The lowest BCUT2D eigenvalue weighted by Crippen LogP contribution is -2.28. The van der Waals surface area contributed by atoms with Crippen LogP contribution in [0.25, 0.3) is 0 Å². The van der Waals surface area contributed by atoms with Gasteiger partial charge in [0.1, 0.15) is 0 Å². The molecule has 3 rings (SSSR count). The third kappa shape index (κ3) is 2.27. The Morgan fingerprint density at radius 1 is 1.22 bits per heavy atom. The quantitative estimate of drug-likeness (QED) is 0.897. The summed E-state index contributed by atoms with van der Waals surface area (Å²) >= 11 is 12.4. The summed E-state index contributed by atoms with van der Waals surface area (Å²) in [7, 11) is 0. The summed E-state index contributed by atoms with van der Waals surface area (Å²) in [4.78, 5) is 2.54. The SMILES string of the molecule is CC(c1cc(Cl)ccc1Cl)N1CC2CNCC2C1. The van der Waals surface area contributed by atoms with Crippen LogP contribution >= 0.6 is 23.2 Å². The third-order valence-corrected chi connectivity index (χ3v) is 4.95. The molecule has 2 aliphatic heterocycles. The monoisotopic (exact) mass is 284 g/mol. The van der Waals surface area contributed by atoms with Crippen molar-refractivity contribution >= 4 is 23.2 Å². The van der Waals surface area contributed by atoms with E-state index in [1.165, 1.54) is 13.1 Å². The topological polar surface area (TPSA) is 15.3 Å². The van der Waals surface area contributed by atoms with Gasteiger partial charge in [-0.15, -0.1) is 0 Å². The molecule has 3 atom stereocenters. The van der Waals surface area contributed by atoms with Crippen molar-refractivity contribution in [2.45, 2.75) is 13.0 Å². The van der Waals surface area contributed by atoms with Crippen molar-refractivity contribution in [2.75, 3.05) is 26.2 Å². The zero-order valence-corrected chi connectivity index (χ0v) is 12.0. The average Bonchev–Trinajstić information content (AvgIpc) is 2.91. The molecule has 0 saturated carbocycles. The Labute approximate surface area is 118 Å². The predicted octanol–water partition coefficient (Wildman–Crippen LogP) is 3.21. The zero-order chi connectivity index (χ0) is 12.7. The van der Waals surface area contributed by atoms with Gasteiger partial charge in [0.25, 0.3) is 0 Å². The highest BCUT2D eigenvalue weighted by atomic mass is 35.5. The van der Waals surface area contributed by atoms with Gasteiger partial charge in [-0.25, -0.2) is 0 Å². The van der Waals surface area contributed by atoms with E-state index in [2.05, 4.69) is 17.1 Å². The largest absolute Gasteiger partial charge is 0.316 e. The molecule has 4 heteroatoms. The predicted molar refractivity (Wildman–Crippen MR) is 76.3 cm³/mol. The summed E-state index contributed by atoms with van der Waals surface area (Å²) in [5, 5.41) is 5.06. The first-order valence-electron chi connectivity index (χ1n) is 6.55. The molecule has 0 bridgehead atoms. The van der Waals surface area contributed by atoms with Crippen molar-refractivity contribution < 1.29 is 0 Å². The summed E-state index contributed by atoms with van der Waals surface area (Å²) in [5.41, 5.74) is 1.15. The average molecular weight is 285 g/mol. The molecule has 1 N–H and O–H groups in total. The Morgan fingerprint density at radius 2 is 1.89 bits per heavy atom. The van der Waals surface area contributed by atoms with Crippen LogP contribution in [0.2, 0.25) is 10.0 Å². The number of nitrogens with zero attached hydrogens (tertiary/aromatic N) is 1. The number of fused-ring (bicyclic) bond motifs is 1. The second-order valence-corrected chi connectivity index (χ2v) is 6.32. The van der Waals surface area contributed by atoms with E-state index in [4.69, 9.17) is 23.2 Å². The first kappa shape index (κ1) is 12.7. The third-order valence-electron chi connectivity index (χ3n) is 4.37. The van der Waals surface area contributed by atoms with Crippen LogP contribution < -0.4 is 5.32 Å². The standard InChI is InChI=1S/C14H18Cl2N2/c1-9(13-4-12(15)2-3-14(13)16)18-7-10-5-17-6-11(10)8-18/h2-4,9-11,17H,5-8H2,1H3. The minimum Gasteiger partial charge on any atom is -0.316 e. The first-order chi connectivity index (χ1) is 8.65. The number of benzene rings is 1. The van der Waals surface area contributed by atoms with Gasteiger partial charge in [-0.1, -0.05) is 23.2 Å². The van der Waals surface area contributed by atoms with Gasteiger partial charge < -0.3 is 5.32 Å². The van der Waals surface area contributed by atoms with Crippen LogP contribution in [0, 0.1) is 11.8 Å². The lowest BCUT2D eigenvalue weighted by molar-refractivity contribution is 0.244. The molecule has 1 aromatic carbocycles. The molecule has 2 heterocycles. The van der Waals surface area contributed by atoms with Crippen molar-refractivity contribution in [1.29, 1.82) is 0 Å². The molecule has 2 saturated heterocycles. The number of rotatable bonds is 2. The van der Waals surface area contributed by atoms with Crippen LogP contribution in [0.5, 0.6) is 0 Å². The summed E-state index contributed by atoms with van der Waals surface area (Å²) < 4.78 is 0. The smallest absolute Gasteiger partial charge is 0.0454 e. The van der Waals surface area contributed by atoms with Crippen molar-refractivity contribution in [1.82, 2.24) is 10.2 Å². The summed E-state index contributed by atoms with van der Waals surface area (Å²) in [5.74, 6) is 1.62. The highest BCUT2D eigenvalue weighted by molar-refractivity contribution is 6.33. The highest BCUT2D eigenvalue weighted by Gasteiger charge is 2.38. The fraction of sp³-hybridized carbons (Fsp3) is 0.571. The summed E-state index contributed by atoms with van der Waals surface area (Å²) in [6.07, 6.45) is 0. The van der Waals surface area contributed by atoms with Crippen LogP contribution in [-0.4, -0.2) is 31.1 Å². The minimum absolute atomic E-state index is 0.349. The van der Waals surface area contributed by atoms with E-state index in [1.807, 2.05) is 18.2 Å². The molecule has 2 fully saturated rings. The second-order valence-electron chi connectivity index (χ2n) is 5.47. The van der Waals surface area contributed by atoms with E-state index in [0.29, 0.717) is 6.04 Å². The maximum atomic E-state index is 6.29. The van der Waals surface area contributed by atoms with Crippen molar-refractivity contribution in [3.8, 4) is 0 Å². The normalized spacial score (nSPS) is 29.5. The molecule has 98 valence electrons. The number of hydrogen-bond donors (Lipinski definition) is 1. The lowest BCUT2D eigenvalue weighted by atomic mass is 10.0. The van der Waals surface area contributed by atoms with Crippen LogP contribution in [0.4, 0.5) is 0 Å². The molecule has 1 aromatic rings. The van der Waals surface area contributed by atoms with E-state index in [-0.39, 0.29) is 0 Å². The Morgan fingerprint density at radius 3 is 2.56 bits per heavy atom. The fourth-order valence-corrected chi connectivity index (χ4v) is 3.70. The van der Waals surface area contributed by atoms with E-state index >= 15 is 0 Å². The molecule has 0 aliphatic carbocycles. The molecule has 3 unspecified atom stereocenters. The molecule has 18 heavy (non-hydrogen) atoms. The van der Waals surface area contributed by atoms with Crippen LogP contribution in [0.3, 0.4) is 0 Å². The Balaban J connectivity index is 1.78. The van der Waals surface area contributed by atoms with Crippen molar-refractivity contribution in [3.63, 3.8) is 0 Å². The van der Waals surface area contributed by atoms with Crippen molar-refractivity contribution in [2.24, 2.45) is 11.8 Å². The number of hydrogen-bond acceptors (Lipinski definition) is 2. The van der Waals surface area contributed by atoms with Crippen LogP contribution in [0.1, 0.15) is 18.5 Å². The number of likely N-dealkylation sites (tertiary alicyclic amines) is 1. The second kappa shape index (κ2) is 5.01. The highest BCUT2D eigenvalue weighted by Crippen LogP contribution is 2.35. The van der Waals surface area contributed by atoms with Crippen molar-refractivity contribution in [3.05, 3.63) is 33.8 Å². The zero-order valence-electron chi connectivity index (χ0n) is 10.5. The lowest BCUT2D eigenvalue weighted by Gasteiger charge is -2.26. The van der Waals surface area contributed by atoms with E-state index in [1.54, 1.807) is 0 Å². The fourth-order valence-electron chi connectivity index (χ4n) is 3.24. The Kier molecular flexibility index (Phi) is 3.55. The van der Waals surface area contributed by atoms with Gasteiger partial charge in [-0.2, -0.15) is 0 Å². The maximum Gasteiger partial charge on any atom is 0.0454 e. The first-order valence-corrected chi connectivity index (χ1v) is 7.30. The van der Waals surface area contributed by atoms with Gasteiger partial charge in [-0.05, 0) is 55.6 Å².